The zero-order valence-electron chi connectivity index (χ0n) is 10.6. The van der Waals surface area contributed by atoms with Crippen molar-refractivity contribution in [2.75, 3.05) is 11.1 Å². The van der Waals surface area contributed by atoms with Gasteiger partial charge in [0, 0.05) is 11.4 Å². The average molecular weight is 301 g/mol. The van der Waals surface area contributed by atoms with Gasteiger partial charge in [-0.3, -0.25) is 14.2 Å². The molecule has 1 unspecified atom stereocenters. The number of carbonyl (C=O) groups is 2. The summed E-state index contributed by atoms with van der Waals surface area (Å²) in [6, 6.07) is 9.93. The molecule has 3 N–H and O–H groups in total. The first kappa shape index (κ1) is 13.2. The molecule has 0 saturated heterocycles. The Morgan fingerprint density at radius 3 is 2.57 bits per heavy atom. The van der Waals surface area contributed by atoms with Crippen LogP contribution in [0, 0.1) is 17.2 Å². The number of fused-ring (bicyclic) bond motifs is 1. The van der Waals surface area contributed by atoms with E-state index in [1.807, 2.05) is 0 Å². The van der Waals surface area contributed by atoms with Gasteiger partial charge in [0.1, 0.15) is 10.8 Å². The first-order valence-electron chi connectivity index (χ1n) is 6.05. The van der Waals surface area contributed by atoms with E-state index in [1.165, 1.54) is 10.6 Å². The number of carbonyl (C=O) groups excluding carboxylic acids is 2. The van der Waals surface area contributed by atoms with E-state index in [1.54, 1.807) is 30.3 Å². The van der Waals surface area contributed by atoms with Crippen LogP contribution in [0.5, 0.6) is 0 Å². The lowest BCUT2D eigenvalue weighted by molar-refractivity contribution is -0.117. The lowest BCUT2D eigenvalue weighted by atomic mass is 9.97. The third-order valence-corrected chi connectivity index (χ3v) is 3.53. The number of aromatic nitrogens is 1. The zero-order valence-corrected chi connectivity index (χ0v) is 11.4. The van der Waals surface area contributed by atoms with E-state index >= 15 is 0 Å². The van der Waals surface area contributed by atoms with E-state index < -0.39 is 17.6 Å². The highest BCUT2D eigenvalue weighted by molar-refractivity contribution is 6.32. The van der Waals surface area contributed by atoms with E-state index in [0.29, 0.717) is 17.1 Å². The number of anilines is 2. The van der Waals surface area contributed by atoms with Crippen molar-refractivity contribution < 1.29 is 9.59 Å². The van der Waals surface area contributed by atoms with Crippen LogP contribution in [0.4, 0.5) is 11.4 Å². The van der Waals surface area contributed by atoms with Gasteiger partial charge in [-0.2, -0.15) is 5.26 Å². The van der Waals surface area contributed by atoms with Gasteiger partial charge in [-0.25, -0.2) is 0 Å². The van der Waals surface area contributed by atoms with Crippen molar-refractivity contribution in [3.8, 4) is 11.8 Å². The Balaban J connectivity index is 2.22. The molecular weight excluding hydrogens is 292 g/mol. The molecule has 1 aromatic carbocycles. The molecule has 1 aliphatic rings. The highest BCUT2D eigenvalue weighted by Gasteiger charge is 2.38. The van der Waals surface area contributed by atoms with Gasteiger partial charge < -0.3 is 11.1 Å². The van der Waals surface area contributed by atoms with Crippen LogP contribution in [0.25, 0.3) is 5.69 Å². The molecule has 2 heterocycles. The minimum Gasteiger partial charge on any atom is -0.399 e. The Morgan fingerprint density at radius 1 is 1.29 bits per heavy atom. The Bertz CT molecular complexity index is 802. The summed E-state index contributed by atoms with van der Waals surface area (Å²) in [6.07, 6.45) is 0. The number of nitrogen functional groups attached to an aromatic ring is 1. The van der Waals surface area contributed by atoms with E-state index in [0.717, 1.165) is 0 Å². The van der Waals surface area contributed by atoms with Gasteiger partial charge in [0.05, 0.1) is 11.8 Å². The first-order chi connectivity index (χ1) is 10.0. The third-order valence-electron chi connectivity index (χ3n) is 3.25. The van der Waals surface area contributed by atoms with E-state index in [2.05, 4.69) is 5.32 Å². The molecule has 104 valence electrons. The molecule has 21 heavy (non-hydrogen) atoms. The maximum atomic E-state index is 12.3. The maximum absolute atomic E-state index is 12.3. The maximum Gasteiger partial charge on any atom is 0.249 e. The summed E-state index contributed by atoms with van der Waals surface area (Å²) in [7, 11) is 0. The molecule has 6 nitrogen and oxygen atoms in total. The van der Waals surface area contributed by atoms with Crippen LogP contribution < -0.4 is 11.1 Å². The van der Waals surface area contributed by atoms with E-state index in [4.69, 9.17) is 22.6 Å². The van der Waals surface area contributed by atoms with Gasteiger partial charge in [0.25, 0.3) is 0 Å². The Kier molecular flexibility index (Phi) is 2.92. The minimum absolute atomic E-state index is 0.191. The minimum atomic E-state index is -1.36. The van der Waals surface area contributed by atoms with Gasteiger partial charge in [-0.05, 0) is 30.3 Å². The quantitative estimate of drug-likeness (QED) is 0.621. The highest BCUT2D eigenvalue weighted by atomic mass is 35.5. The van der Waals surface area contributed by atoms with Crippen molar-refractivity contribution in [1.82, 2.24) is 4.57 Å². The second kappa shape index (κ2) is 4.65. The number of nitrogens with one attached hydrogen (secondary N) is 1. The fourth-order valence-corrected chi connectivity index (χ4v) is 2.56. The molecule has 1 aliphatic heterocycles. The largest absolute Gasteiger partial charge is 0.399 e. The van der Waals surface area contributed by atoms with Crippen LogP contribution in [0.2, 0.25) is 5.15 Å². The molecule has 2 aromatic rings. The van der Waals surface area contributed by atoms with Gasteiger partial charge >= 0.3 is 0 Å². The number of ketones is 1. The zero-order chi connectivity index (χ0) is 15.1. The van der Waals surface area contributed by atoms with Crippen LogP contribution in [-0.2, 0) is 4.79 Å². The van der Waals surface area contributed by atoms with Gasteiger partial charge in [-0.15, -0.1) is 0 Å². The number of hydrogen-bond donors (Lipinski definition) is 2. The molecular formula is C14H9ClN4O2. The molecule has 0 radical (unpaired) electrons. The number of hydrogen-bond acceptors (Lipinski definition) is 4. The number of amides is 1. The predicted octanol–water partition coefficient (Wildman–Crippen LogP) is 1.99. The lowest BCUT2D eigenvalue weighted by Crippen LogP contribution is -2.35. The van der Waals surface area contributed by atoms with Crippen molar-refractivity contribution in [1.29, 1.82) is 5.26 Å². The normalized spacial score (nSPS) is 17.0. The van der Waals surface area contributed by atoms with Crippen LogP contribution in [-0.4, -0.2) is 16.3 Å². The summed E-state index contributed by atoms with van der Waals surface area (Å²) >= 11 is 6.16. The van der Waals surface area contributed by atoms with E-state index in [-0.39, 0.29) is 10.8 Å². The Morgan fingerprint density at radius 2 is 1.95 bits per heavy atom. The smallest absolute Gasteiger partial charge is 0.249 e. The second-order valence-corrected chi connectivity index (χ2v) is 4.96. The average Bonchev–Trinajstić information content (AvgIpc) is 2.76. The molecule has 0 aliphatic carbocycles. The van der Waals surface area contributed by atoms with Crippen LogP contribution in [0.15, 0.2) is 30.3 Å². The number of halogens is 1. The molecule has 0 saturated carbocycles. The number of nitrogens with two attached hydrogens (primary N) is 1. The fourth-order valence-electron chi connectivity index (χ4n) is 2.27. The van der Waals surface area contributed by atoms with Crippen molar-refractivity contribution in [3.05, 3.63) is 41.2 Å². The molecule has 7 heteroatoms. The summed E-state index contributed by atoms with van der Waals surface area (Å²) in [4.78, 5) is 24.0. The molecule has 0 fully saturated rings. The van der Waals surface area contributed by atoms with Crippen molar-refractivity contribution in [2.24, 2.45) is 5.92 Å². The van der Waals surface area contributed by atoms with Crippen molar-refractivity contribution >= 4 is 34.7 Å². The van der Waals surface area contributed by atoms with Crippen molar-refractivity contribution in [2.45, 2.75) is 0 Å². The highest BCUT2D eigenvalue weighted by Crippen LogP contribution is 2.34. The van der Waals surface area contributed by atoms with Crippen molar-refractivity contribution in [3.63, 3.8) is 0 Å². The molecule has 0 spiro atoms. The number of rotatable bonds is 1. The molecule has 0 bridgehead atoms. The monoisotopic (exact) mass is 300 g/mol. The molecule has 3 rings (SSSR count). The second-order valence-electron chi connectivity index (χ2n) is 4.57. The summed E-state index contributed by atoms with van der Waals surface area (Å²) in [5.41, 5.74) is 7.33. The standard InChI is InChI=1S/C14H9ClN4O2/c15-11-5-10-12(13(20)9(6-16)14(21)18-10)19(11)8-3-1-7(17)2-4-8/h1-5,9H,17H2,(H,18,21). The van der Waals surface area contributed by atoms with Gasteiger partial charge in [0.2, 0.25) is 11.7 Å². The number of Topliss-reactive ketones (excluding diaryl/α,β-unsaturated/α-hetero) is 1. The Labute approximate surface area is 124 Å². The van der Waals surface area contributed by atoms with Crippen LogP contribution in [0.1, 0.15) is 10.5 Å². The number of benzene rings is 1. The third kappa shape index (κ3) is 1.95. The van der Waals surface area contributed by atoms with Gasteiger partial charge in [0.15, 0.2) is 5.92 Å². The summed E-state index contributed by atoms with van der Waals surface area (Å²) in [5.74, 6) is -2.57. The summed E-state index contributed by atoms with van der Waals surface area (Å²) < 4.78 is 1.49. The molecule has 1 atom stereocenters. The lowest BCUT2D eigenvalue weighted by Gasteiger charge is -2.18. The number of nitriles is 1. The Hall–Kier alpha value is -2.78. The van der Waals surface area contributed by atoms with Crippen LogP contribution >= 0.6 is 11.6 Å². The summed E-state index contributed by atoms with van der Waals surface area (Å²) in [5, 5.41) is 11.8. The number of nitrogens with zero attached hydrogens (tertiary/aromatic N) is 2. The SMILES string of the molecule is N#CC1C(=O)Nc2cc(Cl)n(-c3ccc(N)cc3)c2C1=O. The van der Waals surface area contributed by atoms with Crippen LogP contribution in [0.3, 0.4) is 0 Å². The van der Waals surface area contributed by atoms with Gasteiger partial charge in [-0.1, -0.05) is 11.6 Å². The molecule has 1 aromatic heterocycles. The topological polar surface area (TPSA) is 101 Å². The fraction of sp³-hybridized carbons (Fsp3) is 0.0714. The predicted molar refractivity (Wildman–Crippen MR) is 77.3 cm³/mol. The molecule has 1 amide bonds. The van der Waals surface area contributed by atoms with E-state index in [9.17, 15) is 9.59 Å². The first-order valence-corrected chi connectivity index (χ1v) is 6.42. The summed E-state index contributed by atoms with van der Waals surface area (Å²) in [6.45, 7) is 0.